The van der Waals surface area contributed by atoms with Gasteiger partial charge in [0.05, 0.1) is 21.4 Å². The Kier molecular flexibility index (Phi) is 2.82. The highest BCUT2D eigenvalue weighted by Crippen LogP contribution is 2.30. The summed E-state index contributed by atoms with van der Waals surface area (Å²) in [7, 11) is 0. The smallest absolute Gasteiger partial charge is 0.241 e. The van der Waals surface area contributed by atoms with Gasteiger partial charge in [-0.25, -0.2) is 9.67 Å². The van der Waals surface area contributed by atoms with Gasteiger partial charge >= 0.3 is 6.55 Å². The maximum absolute atomic E-state index is 12.7. The minimum absolute atomic E-state index is 0.460. The summed E-state index contributed by atoms with van der Waals surface area (Å²) in [5.41, 5.74) is 2.93. The lowest BCUT2D eigenvalue weighted by atomic mass is 10.1. The van der Waals surface area contributed by atoms with Crippen molar-refractivity contribution in [1.29, 1.82) is 0 Å². The van der Waals surface area contributed by atoms with Crippen LogP contribution in [0.25, 0.3) is 21.3 Å². The van der Waals surface area contributed by atoms with Crippen molar-refractivity contribution in [3.63, 3.8) is 0 Å². The van der Waals surface area contributed by atoms with Crippen molar-refractivity contribution in [1.82, 2.24) is 14.8 Å². The fourth-order valence-corrected chi connectivity index (χ4v) is 2.92. The third kappa shape index (κ3) is 2.02. The molecule has 0 radical (unpaired) electrons. The van der Waals surface area contributed by atoms with Gasteiger partial charge in [0, 0.05) is 11.3 Å². The quantitative estimate of drug-likeness (QED) is 0.704. The van der Waals surface area contributed by atoms with Crippen LogP contribution in [0.1, 0.15) is 17.3 Å². The fraction of sp³-hybridized carbons (Fsp3) is 0.231. The van der Waals surface area contributed by atoms with Gasteiger partial charge in [0.1, 0.15) is 0 Å². The summed E-state index contributed by atoms with van der Waals surface area (Å²) in [5.74, 6) is 0. The largest absolute Gasteiger partial charge is 0.333 e. The van der Waals surface area contributed by atoms with E-state index in [0.717, 1.165) is 25.5 Å². The number of hydrogen-bond acceptors (Lipinski definition) is 3. The van der Waals surface area contributed by atoms with E-state index in [2.05, 4.69) is 10.1 Å². The SMILES string of the molecule is Cc1nc2cc(-c3cnn(C(F)F)c3C)ccc2s1. The number of thiazole rings is 1. The van der Waals surface area contributed by atoms with Crippen LogP contribution in [-0.2, 0) is 0 Å². The normalized spacial score (nSPS) is 11.6. The minimum atomic E-state index is -2.61. The van der Waals surface area contributed by atoms with Crippen LogP contribution < -0.4 is 0 Å². The molecule has 0 aliphatic heterocycles. The summed E-state index contributed by atoms with van der Waals surface area (Å²) in [6.07, 6.45) is 1.47. The second-order valence-electron chi connectivity index (χ2n) is 4.28. The summed E-state index contributed by atoms with van der Waals surface area (Å²) in [5, 5.41) is 4.72. The van der Waals surface area contributed by atoms with Crippen LogP contribution in [0.4, 0.5) is 8.78 Å². The lowest BCUT2D eigenvalue weighted by Gasteiger charge is -2.03. The Morgan fingerprint density at radius 2 is 2.05 bits per heavy atom. The van der Waals surface area contributed by atoms with Gasteiger partial charge in [-0.1, -0.05) is 6.07 Å². The van der Waals surface area contributed by atoms with Crippen molar-refractivity contribution < 1.29 is 8.78 Å². The van der Waals surface area contributed by atoms with Crippen LogP contribution in [-0.4, -0.2) is 14.8 Å². The van der Waals surface area contributed by atoms with Crippen LogP contribution in [0.3, 0.4) is 0 Å². The number of benzene rings is 1. The molecule has 0 amide bonds. The van der Waals surface area contributed by atoms with Crippen LogP contribution in [0, 0.1) is 13.8 Å². The van der Waals surface area contributed by atoms with Gasteiger partial charge in [-0.3, -0.25) is 0 Å². The van der Waals surface area contributed by atoms with Gasteiger partial charge < -0.3 is 0 Å². The van der Waals surface area contributed by atoms with E-state index >= 15 is 0 Å². The molecular weight excluding hydrogens is 268 g/mol. The van der Waals surface area contributed by atoms with Gasteiger partial charge in [0.25, 0.3) is 0 Å². The first-order valence-electron chi connectivity index (χ1n) is 5.76. The molecule has 3 nitrogen and oxygen atoms in total. The molecule has 0 unspecified atom stereocenters. The van der Waals surface area contributed by atoms with Crippen LogP contribution in [0.15, 0.2) is 24.4 Å². The Morgan fingerprint density at radius 3 is 2.74 bits per heavy atom. The molecule has 0 fully saturated rings. The molecule has 1 aromatic carbocycles. The third-order valence-electron chi connectivity index (χ3n) is 3.04. The Hall–Kier alpha value is -1.82. The maximum Gasteiger partial charge on any atom is 0.333 e. The van der Waals surface area contributed by atoms with Gasteiger partial charge in [0.15, 0.2) is 0 Å². The Balaban J connectivity index is 2.13. The predicted molar refractivity (Wildman–Crippen MR) is 71.6 cm³/mol. The van der Waals surface area contributed by atoms with Crippen molar-refractivity contribution in [3.8, 4) is 11.1 Å². The zero-order chi connectivity index (χ0) is 13.6. The predicted octanol–water partition coefficient (Wildman–Crippen LogP) is 4.17. The van der Waals surface area contributed by atoms with E-state index in [1.54, 1.807) is 18.3 Å². The first-order valence-corrected chi connectivity index (χ1v) is 6.58. The average Bonchev–Trinajstić information content (AvgIpc) is 2.89. The summed E-state index contributed by atoms with van der Waals surface area (Å²) in [4.78, 5) is 4.41. The highest BCUT2D eigenvalue weighted by atomic mass is 32.1. The van der Waals surface area contributed by atoms with E-state index in [4.69, 9.17) is 0 Å². The van der Waals surface area contributed by atoms with Crippen molar-refractivity contribution in [2.75, 3.05) is 0 Å². The lowest BCUT2D eigenvalue weighted by Crippen LogP contribution is -2.02. The van der Waals surface area contributed by atoms with Gasteiger partial charge in [-0.15, -0.1) is 11.3 Å². The number of halogens is 2. The molecule has 2 aromatic heterocycles. The molecule has 3 aromatic rings. The zero-order valence-electron chi connectivity index (χ0n) is 10.4. The second-order valence-corrected chi connectivity index (χ2v) is 5.52. The van der Waals surface area contributed by atoms with Crippen molar-refractivity contribution in [2.24, 2.45) is 0 Å². The van der Waals surface area contributed by atoms with Crippen LogP contribution in [0.2, 0.25) is 0 Å². The molecule has 3 rings (SSSR count). The Labute approximate surface area is 112 Å². The topological polar surface area (TPSA) is 30.7 Å². The lowest BCUT2D eigenvalue weighted by molar-refractivity contribution is 0.0545. The summed E-state index contributed by atoms with van der Waals surface area (Å²) >= 11 is 1.62. The number of fused-ring (bicyclic) bond motifs is 1. The molecule has 0 atom stereocenters. The van der Waals surface area contributed by atoms with Gasteiger partial charge in [-0.05, 0) is 31.5 Å². The van der Waals surface area contributed by atoms with E-state index in [1.807, 2.05) is 25.1 Å². The number of nitrogens with zero attached hydrogens (tertiary/aromatic N) is 3. The van der Waals surface area contributed by atoms with Gasteiger partial charge in [-0.2, -0.15) is 13.9 Å². The third-order valence-corrected chi connectivity index (χ3v) is 3.99. The minimum Gasteiger partial charge on any atom is -0.241 e. The van der Waals surface area contributed by atoms with E-state index in [9.17, 15) is 8.78 Å². The first kappa shape index (κ1) is 12.2. The molecule has 6 heteroatoms. The van der Waals surface area contributed by atoms with Crippen molar-refractivity contribution in [2.45, 2.75) is 20.4 Å². The van der Waals surface area contributed by atoms with Crippen molar-refractivity contribution >= 4 is 21.6 Å². The number of alkyl halides is 2. The van der Waals surface area contributed by atoms with E-state index in [1.165, 1.54) is 6.20 Å². The summed E-state index contributed by atoms with van der Waals surface area (Å²) < 4.78 is 27.2. The van der Waals surface area contributed by atoms with Crippen LogP contribution in [0.5, 0.6) is 0 Å². The Morgan fingerprint density at radius 1 is 1.26 bits per heavy atom. The van der Waals surface area contributed by atoms with Crippen molar-refractivity contribution in [3.05, 3.63) is 35.1 Å². The van der Waals surface area contributed by atoms with E-state index in [0.29, 0.717) is 11.3 Å². The average molecular weight is 279 g/mol. The summed E-state index contributed by atoms with van der Waals surface area (Å²) in [6.45, 7) is 0.981. The molecule has 0 aliphatic carbocycles. The number of aromatic nitrogens is 3. The first-order chi connectivity index (χ1) is 9.06. The van der Waals surface area contributed by atoms with E-state index < -0.39 is 6.55 Å². The molecule has 0 saturated heterocycles. The highest BCUT2D eigenvalue weighted by Gasteiger charge is 2.15. The fourth-order valence-electron chi connectivity index (χ4n) is 2.11. The number of aryl methyl sites for hydroxylation is 1. The molecule has 0 aliphatic rings. The highest BCUT2D eigenvalue weighted by molar-refractivity contribution is 7.18. The zero-order valence-corrected chi connectivity index (χ0v) is 11.2. The molecule has 0 spiro atoms. The molecule has 2 heterocycles. The molecular formula is C13H11F2N3S. The molecule has 0 saturated carbocycles. The van der Waals surface area contributed by atoms with Gasteiger partial charge in [0.2, 0.25) is 0 Å². The molecule has 19 heavy (non-hydrogen) atoms. The number of rotatable bonds is 2. The standard InChI is InChI=1S/C13H11F2N3S/c1-7-10(6-16-18(7)13(14)15)9-3-4-12-11(5-9)17-8(2)19-12/h3-6,13H,1-2H3. The monoisotopic (exact) mass is 279 g/mol. The molecule has 98 valence electrons. The molecule has 0 bridgehead atoms. The molecule has 0 N–H and O–H groups in total. The number of hydrogen-bond donors (Lipinski definition) is 0. The van der Waals surface area contributed by atoms with E-state index in [-0.39, 0.29) is 0 Å². The Bertz CT molecular complexity index is 746. The second kappa shape index (κ2) is 4.38. The summed E-state index contributed by atoms with van der Waals surface area (Å²) in [6, 6.07) is 5.80. The van der Waals surface area contributed by atoms with Crippen LogP contribution >= 0.6 is 11.3 Å². The maximum atomic E-state index is 12.7.